The zero-order valence-corrected chi connectivity index (χ0v) is 13.9. The van der Waals surface area contributed by atoms with Crippen LogP contribution in [-0.2, 0) is 19.2 Å². The van der Waals surface area contributed by atoms with Gasteiger partial charge >= 0.3 is 29.7 Å². The Morgan fingerprint density at radius 3 is 1.92 bits per heavy atom. The molecule has 2 fully saturated rings. The highest BCUT2D eigenvalue weighted by Gasteiger charge is 2.49. The summed E-state index contributed by atoms with van der Waals surface area (Å²) in [5.41, 5.74) is 0.388. The van der Waals surface area contributed by atoms with E-state index >= 15 is 0 Å². The SMILES string of the molecule is CCN1C(=O)C(=O)N(CN2C(=O)C(=O)N(c3ccccc3)C2=S)C1=O. The number of urea groups is 1. The molecular formula is C15H12N4O5S. The summed E-state index contributed by atoms with van der Waals surface area (Å²) >= 11 is 5.16. The predicted octanol–water partition coefficient (Wildman–Crippen LogP) is -0.0851. The highest BCUT2D eigenvalue weighted by molar-refractivity contribution is 7.80. The Balaban J connectivity index is 1.87. The minimum atomic E-state index is -1.06. The van der Waals surface area contributed by atoms with Crippen LogP contribution in [0.4, 0.5) is 10.5 Å². The Hall–Kier alpha value is -3.14. The number of hydrogen-bond donors (Lipinski definition) is 0. The van der Waals surface area contributed by atoms with Crippen LogP contribution < -0.4 is 4.90 Å². The standard InChI is InChI=1S/C15H12N4O5S/c1-2-16-10(20)11(21)17(14(16)24)8-18-12(22)13(23)19(15(18)25)9-6-4-3-5-7-9/h3-7H,2,8H2,1H3. The summed E-state index contributed by atoms with van der Waals surface area (Å²) in [6.45, 7) is 0.971. The van der Waals surface area contributed by atoms with Gasteiger partial charge in [0.05, 0.1) is 5.69 Å². The molecule has 0 radical (unpaired) electrons. The van der Waals surface area contributed by atoms with E-state index in [-0.39, 0.29) is 11.7 Å². The molecule has 0 unspecified atom stereocenters. The zero-order valence-electron chi connectivity index (χ0n) is 13.0. The van der Waals surface area contributed by atoms with Crippen molar-refractivity contribution in [2.75, 3.05) is 18.1 Å². The maximum absolute atomic E-state index is 12.2. The molecule has 0 bridgehead atoms. The Bertz CT molecular complexity index is 824. The van der Waals surface area contributed by atoms with Crippen LogP contribution in [0.3, 0.4) is 0 Å². The normalized spacial score (nSPS) is 18.3. The number of para-hydroxylation sites is 1. The lowest BCUT2D eigenvalue weighted by Gasteiger charge is -2.22. The molecule has 0 aromatic heterocycles. The molecular weight excluding hydrogens is 348 g/mol. The van der Waals surface area contributed by atoms with Crippen LogP contribution in [0, 0.1) is 0 Å². The number of hydrogen-bond acceptors (Lipinski definition) is 6. The first-order valence-electron chi connectivity index (χ1n) is 7.30. The maximum atomic E-state index is 12.2. The van der Waals surface area contributed by atoms with Gasteiger partial charge < -0.3 is 0 Å². The third kappa shape index (κ3) is 2.47. The van der Waals surface area contributed by atoms with Crippen molar-refractivity contribution < 1.29 is 24.0 Å². The molecule has 0 N–H and O–H groups in total. The summed E-state index contributed by atoms with van der Waals surface area (Å²) in [5.74, 6) is -3.91. The predicted molar refractivity (Wildman–Crippen MR) is 87.9 cm³/mol. The monoisotopic (exact) mass is 360 g/mol. The molecule has 6 amide bonds. The molecule has 3 rings (SSSR count). The quantitative estimate of drug-likeness (QED) is 0.423. The average molecular weight is 360 g/mol. The number of carbonyl (C=O) groups is 5. The fourth-order valence-corrected chi connectivity index (χ4v) is 2.86. The molecule has 1 aromatic carbocycles. The van der Waals surface area contributed by atoms with Crippen molar-refractivity contribution >= 4 is 52.7 Å². The number of imide groups is 2. The molecule has 0 aliphatic carbocycles. The smallest absolute Gasteiger partial charge is 0.263 e. The van der Waals surface area contributed by atoms with Crippen LogP contribution in [0.5, 0.6) is 0 Å². The molecule has 0 spiro atoms. The fraction of sp³-hybridized carbons (Fsp3) is 0.200. The number of carbonyl (C=O) groups excluding carboxylic acids is 5. The van der Waals surface area contributed by atoms with Crippen LogP contribution >= 0.6 is 12.2 Å². The number of rotatable bonds is 4. The van der Waals surface area contributed by atoms with Crippen LogP contribution in [-0.4, -0.2) is 62.7 Å². The van der Waals surface area contributed by atoms with Gasteiger partial charge in [0.25, 0.3) is 0 Å². The largest absolute Gasteiger partial charge is 0.335 e. The Kier molecular flexibility index (Phi) is 4.05. The van der Waals surface area contributed by atoms with Crippen LogP contribution in [0.15, 0.2) is 30.3 Å². The van der Waals surface area contributed by atoms with E-state index in [4.69, 9.17) is 12.2 Å². The lowest BCUT2D eigenvalue weighted by Crippen LogP contribution is -2.45. The van der Waals surface area contributed by atoms with Gasteiger partial charge in [0.15, 0.2) is 5.11 Å². The maximum Gasteiger partial charge on any atom is 0.335 e. The van der Waals surface area contributed by atoms with E-state index < -0.39 is 36.3 Å². The van der Waals surface area contributed by atoms with E-state index in [9.17, 15) is 24.0 Å². The number of anilines is 1. The summed E-state index contributed by atoms with van der Waals surface area (Å²) in [5, 5.41) is -0.163. The van der Waals surface area contributed by atoms with Crippen LogP contribution in [0.1, 0.15) is 6.92 Å². The van der Waals surface area contributed by atoms with E-state index in [0.29, 0.717) is 10.6 Å². The van der Waals surface area contributed by atoms with Crippen molar-refractivity contribution in [1.29, 1.82) is 0 Å². The summed E-state index contributed by atoms with van der Waals surface area (Å²) in [4.78, 5) is 63.5. The van der Waals surface area contributed by atoms with Gasteiger partial charge in [-0.2, -0.15) is 0 Å². The first-order valence-corrected chi connectivity index (χ1v) is 7.71. The van der Waals surface area contributed by atoms with Gasteiger partial charge in [-0.3, -0.25) is 29.0 Å². The number of benzene rings is 1. The first kappa shape index (κ1) is 16.7. The van der Waals surface area contributed by atoms with Gasteiger partial charge in [0, 0.05) is 6.54 Å². The minimum Gasteiger partial charge on any atom is -0.263 e. The van der Waals surface area contributed by atoms with Gasteiger partial charge in [0.2, 0.25) is 0 Å². The molecule has 0 atom stereocenters. The summed E-state index contributed by atoms with van der Waals surface area (Å²) in [6, 6.07) is 7.41. The second kappa shape index (κ2) is 6.06. The number of amides is 6. The van der Waals surface area contributed by atoms with E-state index in [1.165, 1.54) is 0 Å². The number of thiocarbonyl (C=S) groups is 1. The van der Waals surface area contributed by atoms with Crippen LogP contribution in [0.2, 0.25) is 0 Å². The van der Waals surface area contributed by atoms with Gasteiger partial charge in [0.1, 0.15) is 6.67 Å². The van der Waals surface area contributed by atoms with E-state index in [1.807, 2.05) is 0 Å². The van der Waals surface area contributed by atoms with E-state index in [1.54, 1.807) is 37.3 Å². The Labute approximate surface area is 147 Å². The van der Waals surface area contributed by atoms with Crippen molar-refractivity contribution in [3.8, 4) is 0 Å². The average Bonchev–Trinajstić information content (AvgIpc) is 2.94. The van der Waals surface area contributed by atoms with Gasteiger partial charge in [-0.1, -0.05) is 18.2 Å². The van der Waals surface area contributed by atoms with Crippen molar-refractivity contribution in [2.45, 2.75) is 6.92 Å². The van der Waals surface area contributed by atoms with Crippen molar-refractivity contribution in [3.05, 3.63) is 30.3 Å². The highest BCUT2D eigenvalue weighted by Crippen LogP contribution is 2.23. The molecule has 2 saturated heterocycles. The lowest BCUT2D eigenvalue weighted by atomic mass is 10.3. The Morgan fingerprint density at radius 1 is 0.800 bits per heavy atom. The minimum absolute atomic E-state index is 0.0212. The van der Waals surface area contributed by atoms with E-state index in [2.05, 4.69) is 0 Å². The fourth-order valence-electron chi connectivity index (χ4n) is 2.53. The molecule has 25 heavy (non-hydrogen) atoms. The van der Waals surface area contributed by atoms with Crippen molar-refractivity contribution in [3.63, 3.8) is 0 Å². The molecule has 9 nitrogen and oxygen atoms in total. The third-order valence-corrected chi connectivity index (χ3v) is 4.20. The van der Waals surface area contributed by atoms with Crippen molar-refractivity contribution in [1.82, 2.24) is 14.7 Å². The summed E-state index contributed by atoms with van der Waals surface area (Å²) in [6.07, 6.45) is 0. The van der Waals surface area contributed by atoms with Crippen molar-refractivity contribution in [2.24, 2.45) is 0 Å². The third-order valence-electron chi connectivity index (χ3n) is 3.80. The van der Waals surface area contributed by atoms with Gasteiger partial charge in [-0.05, 0) is 31.3 Å². The molecule has 10 heteroatoms. The lowest BCUT2D eigenvalue weighted by molar-refractivity contribution is -0.145. The molecule has 2 aliphatic rings. The highest BCUT2D eigenvalue weighted by atomic mass is 32.1. The van der Waals surface area contributed by atoms with Gasteiger partial charge in [-0.25, -0.2) is 14.6 Å². The second-order valence-electron chi connectivity index (χ2n) is 5.20. The zero-order chi connectivity index (χ0) is 18.3. The summed E-state index contributed by atoms with van der Waals surface area (Å²) < 4.78 is 0. The topological polar surface area (TPSA) is 98.3 Å². The summed E-state index contributed by atoms with van der Waals surface area (Å²) in [7, 11) is 0. The number of likely N-dealkylation sites (N-methyl/N-ethyl adjacent to an activating group) is 1. The molecule has 2 heterocycles. The van der Waals surface area contributed by atoms with Gasteiger partial charge in [-0.15, -0.1) is 0 Å². The first-order chi connectivity index (χ1) is 11.9. The van der Waals surface area contributed by atoms with E-state index in [0.717, 1.165) is 14.7 Å². The molecule has 2 aliphatic heterocycles. The molecule has 1 aromatic rings. The second-order valence-corrected chi connectivity index (χ2v) is 5.56. The van der Waals surface area contributed by atoms with Crippen LogP contribution in [0.25, 0.3) is 0 Å². The Morgan fingerprint density at radius 2 is 1.36 bits per heavy atom. The number of nitrogens with zero attached hydrogens (tertiary/aromatic N) is 4. The molecule has 0 saturated carbocycles. The molecule has 128 valence electrons.